The number of carbonyl (C=O) groups excluding carboxylic acids is 1. The van der Waals surface area contributed by atoms with Crippen LogP contribution in [0, 0.1) is 0 Å². The number of nitrogens with zero attached hydrogens (tertiary/aromatic N) is 1. The summed E-state index contributed by atoms with van der Waals surface area (Å²) in [5.41, 5.74) is 2.57. The fourth-order valence-electron chi connectivity index (χ4n) is 3.23. The van der Waals surface area contributed by atoms with Gasteiger partial charge in [0.25, 0.3) is 0 Å². The number of fused-ring (bicyclic) bond motifs is 1. The summed E-state index contributed by atoms with van der Waals surface area (Å²) < 4.78 is 19.4. The van der Waals surface area contributed by atoms with Crippen LogP contribution in [-0.4, -0.2) is 46.6 Å². The monoisotopic (exact) mass is 445 g/mol. The average Bonchev–Trinajstić information content (AvgIpc) is 3.06. The summed E-state index contributed by atoms with van der Waals surface area (Å²) in [6.45, 7) is 0. The molecule has 0 amide bonds. The summed E-state index contributed by atoms with van der Waals surface area (Å²) in [5, 5.41) is 0.987. The molecule has 2 aromatic carbocycles. The minimum atomic E-state index is -0.0849. The van der Waals surface area contributed by atoms with E-state index in [1.165, 1.54) is 0 Å². The van der Waals surface area contributed by atoms with Crippen molar-refractivity contribution in [2.24, 2.45) is 7.05 Å². The molecule has 3 aromatic rings. The van der Waals surface area contributed by atoms with Gasteiger partial charge in [-0.2, -0.15) is 0 Å². The summed E-state index contributed by atoms with van der Waals surface area (Å²) in [6, 6.07) is 9.52. The fraction of sp³-hybridized carbons (Fsp3) is 0.227. The topological polar surface area (TPSA) is 49.7 Å². The van der Waals surface area contributed by atoms with Gasteiger partial charge in [0.05, 0.1) is 0 Å². The Morgan fingerprint density at radius 2 is 1.82 bits per heavy atom. The van der Waals surface area contributed by atoms with Crippen LogP contribution < -0.4 is 18.7 Å². The van der Waals surface area contributed by atoms with Gasteiger partial charge < -0.3 is 0 Å². The number of allylic oxidation sites excluding steroid dienone is 1. The van der Waals surface area contributed by atoms with Crippen molar-refractivity contribution in [3.05, 3.63) is 53.7 Å². The molecule has 0 radical (unpaired) electrons. The third kappa shape index (κ3) is 3.66. The standard InChI is InChI=1S/C22H23NO4Se/c1-23-13-14(21-16(23)7-6-8-18(21)25-2)9-10-17(24)15-11-19(26-3)22(27-4)20(12-15)28-5/h6-13H,1-5H3/b10-9+. The first-order chi connectivity index (χ1) is 13.5. The van der Waals surface area contributed by atoms with Crippen LogP contribution in [0.2, 0.25) is 5.82 Å². The van der Waals surface area contributed by atoms with Gasteiger partial charge in [0.1, 0.15) is 0 Å². The third-order valence-corrected chi connectivity index (χ3v) is 6.15. The first-order valence-corrected chi connectivity index (χ1v) is 11.3. The molecular formula is C22H23NO4Se. The quantitative estimate of drug-likeness (QED) is 0.318. The van der Waals surface area contributed by atoms with Gasteiger partial charge in [-0.1, -0.05) is 0 Å². The average molecular weight is 444 g/mol. The van der Waals surface area contributed by atoms with Crippen molar-refractivity contribution in [2.45, 2.75) is 5.82 Å². The van der Waals surface area contributed by atoms with Crippen LogP contribution in [-0.2, 0) is 7.05 Å². The number of ketones is 1. The number of rotatable bonds is 7. The molecule has 0 aliphatic heterocycles. The van der Waals surface area contributed by atoms with Crippen LogP contribution in [0.25, 0.3) is 17.0 Å². The van der Waals surface area contributed by atoms with Crippen molar-refractivity contribution in [2.75, 3.05) is 21.3 Å². The zero-order valence-electron chi connectivity index (χ0n) is 16.6. The summed E-state index contributed by atoms with van der Waals surface area (Å²) >= 11 is 0.168. The zero-order chi connectivity index (χ0) is 20.3. The van der Waals surface area contributed by atoms with E-state index in [9.17, 15) is 4.79 Å². The predicted octanol–water partition coefficient (Wildman–Crippen LogP) is 3.48. The molecule has 1 aromatic heterocycles. The van der Waals surface area contributed by atoms with Crippen molar-refractivity contribution >= 4 is 42.2 Å². The van der Waals surface area contributed by atoms with Crippen molar-refractivity contribution in [3.63, 3.8) is 0 Å². The molecule has 28 heavy (non-hydrogen) atoms. The van der Waals surface area contributed by atoms with Crippen LogP contribution >= 0.6 is 0 Å². The van der Waals surface area contributed by atoms with Gasteiger partial charge >= 0.3 is 171 Å². The van der Waals surface area contributed by atoms with Crippen molar-refractivity contribution < 1.29 is 19.0 Å². The van der Waals surface area contributed by atoms with E-state index in [1.807, 2.05) is 48.2 Å². The van der Waals surface area contributed by atoms with Crippen LogP contribution in [0.5, 0.6) is 17.2 Å². The molecular weight excluding hydrogens is 421 g/mol. The third-order valence-electron chi connectivity index (χ3n) is 4.59. The van der Waals surface area contributed by atoms with Gasteiger partial charge in [0.2, 0.25) is 0 Å². The van der Waals surface area contributed by atoms with Crippen LogP contribution in [0.4, 0.5) is 0 Å². The van der Waals surface area contributed by atoms with Gasteiger partial charge in [-0.25, -0.2) is 0 Å². The summed E-state index contributed by atoms with van der Waals surface area (Å²) in [6.07, 6.45) is 5.42. The molecule has 0 spiro atoms. The Labute approximate surface area is 171 Å². The van der Waals surface area contributed by atoms with Gasteiger partial charge in [-0.15, -0.1) is 0 Å². The van der Waals surface area contributed by atoms with E-state index in [-0.39, 0.29) is 20.7 Å². The van der Waals surface area contributed by atoms with Crippen molar-refractivity contribution in [1.82, 2.24) is 4.57 Å². The molecule has 5 nitrogen and oxygen atoms in total. The van der Waals surface area contributed by atoms with Gasteiger partial charge in [0, 0.05) is 0 Å². The second kappa shape index (κ2) is 8.55. The SMILES string of the molecule is COc1cc(C(=O)/C=C/c2cn(C)c3cccc(OC)c23)cc([Se]C)c1OC. The van der Waals surface area contributed by atoms with E-state index in [2.05, 4.69) is 5.82 Å². The molecule has 6 heteroatoms. The zero-order valence-corrected chi connectivity index (χ0v) is 18.3. The first-order valence-electron chi connectivity index (χ1n) is 8.68. The van der Waals surface area contributed by atoms with Gasteiger partial charge in [0.15, 0.2) is 0 Å². The van der Waals surface area contributed by atoms with E-state index in [1.54, 1.807) is 33.5 Å². The Kier molecular flexibility index (Phi) is 6.12. The van der Waals surface area contributed by atoms with Crippen LogP contribution in [0.3, 0.4) is 0 Å². The molecule has 0 aliphatic rings. The number of aryl methyl sites for hydroxylation is 1. The summed E-state index contributed by atoms with van der Waals surface area (Å²) in [5.74, 6) is 4.05. The summed E-state index contributed by atoms with van der Waals surface area (Å²) in [7, 11) is 6.82. The molecule has 0 N–H and O–H groups in total. The molecule has 3 rings (SSSR count). The maximum atomic E-state index is 12.8. The molecule has 0 bridgehead atoms. The molecule has 0 saturated heterocycles. The van der Waals surface area contributed by atoms with Crippen LogP contribution in [0.15, 0.2) is 42.6 Å². The normalized spacial score (nSPS) is 11.2. The van der Waals surface area contributed by atoms with Gasteiger partial charge in [-0.05, 0) is 0 Å². The van der Waals surface area contributed by atoms with Gasteiger partial charge in [-0.3, -0.25) is 0 Å². The molecule has 0 aliphatic carbocycles. The Balaban J connectivity index is 2.00. The second-order valence-corrected chi connectivity index (χ2v) is 7.94. The number of methoxy groups -OCH3 is 3. The number of ether oxygens (including phenoxy) is 3. The molecule has 0 fully saturated rings. The molecule has 146 valence electrons. The van der Waals surface area contributed by atoms with E-state index in [4.69, 9.17) is 14.2 Å². The molecule has 1 heterocycles. The van der Waals surface area contributed by atoms with E-state index in [0.29, 0.717) is 17.1 Å². The number of hydrogen-bond donors (Lipinski definition) is 0. The van der Waals surface area contributed by atoms with E-state index >= 15 is 0 Å². The van der Waals surface area contributed by atoms with Crippen molar-refractivity contribution in [3.8, 4) is 17.2 Å². The number of carbonyl (C=O) groups is 1. The maximum absolute atomic E-state index is 12.8. The predicted molar refractivity (Wildman–Crippen MR) is 114 cm³/mol. The summed E-state index contributed by atoms with van der Waals surface area (Å²) in [4.78, 5) is 12.8. The second-order valence-electron chi connectivity index (χ2n) is 6.16. The Morgan fingerprint density at radius 1 is 1.07 bits per heavy atom. The van der Waals surface area contributed by atoms with E-state index in [0.717, 1.165) is 26.7 Å². The Hall–Kier alpha value is -2.69. The molecule has 0 saturated carbocycles. The number of hydrogen-bond acceptors (Lipinski definition) is 4. The minimum absolute atomic E-state index is 0.0849. The molecule has 0 atom stereocenters. The number of aromatic nitrogens is 1. The Morgan fingerprint density at radius 3 is 2.46 bits per heavy atom. The van der Waals surface area contributed by atoms with E-state index < -0.39 is 0 Å². The first kappa shape index (κ1) is 20.1. The fourth-order valence-corrected chi connectivity index (χ4v) is 4.52. The van der Waals surface area contributed by atoms with Crippen molar-refractivity contribution in [1.29, 1.82) is 0 Å². The van der Waals surface area contributed by atoms with Crippen LogP contribution in [0.1, 0.15) is 15.9 Å². The Bertz CT molecular complexity index is 1030. The number of benzene rings is 2. The molecule has 0 unspecified atom stereocenters.